The molecular formula is C23H18F6O. The van der Waals surface area contributed by atoms with Crippen LogP contribution in [0.3, 0.4) is 0 Å². The summed E-state index contributed by atoms with van der Waals surface area (Å²) in [5.74, 6) is -0.334. The first kappa shape index (κ1) is 21.9. The topological polar surface area (TPSA) is 17.1 Å². The van der Waals surface area contributed by atoms with Crippen molar-refractivity contribution >= 4 is 17.9 Å². The Hall–Kier alpha value is -2.83. The number of alkyl halides is 6. The van der Waals surface area contributed by atoms with E-state index < -0.39 is 23.5 Å². The molecule has 1 saturated carbocycles. The van der Waals surface area contributed by atoms with Gasteiger partial charge in [-0.05, 0) is 66.3 Å². The molecule has 1 aliphatic carbocycles. The number of carbonyl (C=O) groups is 1. The van der Waals surface area contributed by atoms with E-state index in [0.717, 1.165) is 24.3 Å². The largest absolute Gasteiger partial charge is 0.416 e. The van der Waals surface area contributed by atoms with Crippen LogP contribution in [-0.2, 0) is 17.1 Å². The normalized spacial score (nSPS) is 20.8. The molecule has 0 atom stereocenters. The van der Waals surface area contributed by atoms with Crippen molar-refractivity contribution < 1.29 is 31.1 Å². The summed E-state index contributed by atoms with van der Waals surface area (Å²) < 4.78 is 77.6. The smallest absolute Gasteiger partial charge is 0.289 e. The van der Waals surface area contributed by atoms with E-state index in [1.54, 1.807) is 0 Å². The second kappa shape index (κ2) is 8.13. The maximum Gasteiger partial charge on any atom is 0.416 e. The number of hydrogen-bond donors (Lipinski definition) is 0. The highest BCUT2D eigenvalue weighted by Crippen LogP contribution is 2.35. The molecule has 0 aromatic heterocycles. The third kappa shape index (κ3) is 5.20. The minimum Gasteiger partial charge on any atom is -0.289 e. The van der Waals surface area contributed by atoms with Crippen LogP contribution in [0.1, 0.15) is 42.0 Å². The van der Waals surface area contributed by atoms with Crippen molar-refractivity contribution in [1.82, 2.24) is 0 Å². The van der Waals surface area contributed by atoms with Crippen molar-refractivity contribution in [1.29, 1.82) is 0 Å². The highest BCUT2D eigenvalue weighted by molar-refractivity contribution is 6.14. The van der Waals surface area contributed by atoms with Crippen LogP contribution in [0.4, 0.5) is 26.3 Å². The molecule has 2 aromatic rings. The van der Waals surface area contributed by atoms with Gasteiger partial charge in [0.2, 0.25) is 0 Å². The monoisotopic (exact) mass is 424 g/mol. The lowest BCUT2D eigenvalue weighted by Crippen LogP contribution is -2.18. The summed E-state index contributed by atoms with van der Waals surface area (Å²) in [5.41, 5.74) is -0.445. The van der Waals surface area contributed by atoms with Crippen molar-refractivity contribution in [3.8, 4) is 0 Å². The summed E-state index contributed by atoms with van der Waals surface area (Å²) in [6.45, 7) is 1.88. The summed E-state index contributed by atoms with van der Waals surface area (Å²) in [6, 6.07) is 9.33. The van der Waals surface area contributed by atoms with Gasteiger partial charge in [-0.1, -0.05) is 31.2 Å². The molecule has 0 aliphatic heterocycles. The number of hydrogen-bond acceptors (Lipinski definition) is 1. The van der Waals surface area contributed by atoms with E-state index >= 15 is 0 Å². The molecule has 30 heavy (non-hydrogen) atoms. The fourth-order valence-electron chi connectivity index (χ4n) is 3.48. The zero-order valence-corrected chi connectivity index (χ0v) is 15.9. The van der Waals surface area contributed by atoms with E-state index in [0.29, 0.717) is 24.0 Å². The third-order valence-corrected chi connectivity index (χ3v) is 4.83. The predicted octanol–water partition coefficient (Wildman–Crippen LogP) is 7.19. The standard InChI is InChI=1S/C23H18F6O/c1-14-8-17(10-15-4-2-6-19(12-15)22(24,25)26)21(30)18(9-14)11-16-5-3-7-20(13-16)23(27,28)29/h2-7,10-14H,8-9H2,1H3. The molecule has 0 saturated heterocycles. The molecule has 0 N–H and O–H groups in total. The first-order valence-corrected chi connectivity index (χ1v) is 9.24. The molecule has 158 valence electrons. The average Bonchev–Trinajstić information content (AvgIpc) is 2.64. The Labute approximate surface area is 169 Å². The van der Waals surface area contributed by atoms with Gasteiger partial charge in [0.1, 0.15) is 0 Å². The molecule has 0 spiro atoms. The second-order valence-electron chi connectivity index (χ2n) is 7.43. The van der Waals surface area contributed by atoms with E-state index in [9.17, 15) is 31.1 Å². The van der Waals surface area contributed by atoms with Crippen LogP contribution >= 0.6 is 0 Å². The molecule has 0 amide bonds. The van der Waals surface area contributed by atoms with E-state index in [1.807, 2.05) is 6.92 Å². The molecule has 0 radical (unpaired) electrons. The van der Waals surface area contributed by atoms with Gasteiger partial charge in [-0.15, -0.1) is 0 Å². The van der Waals surface area contributed by atoms with Gasteiger partial charge in [-0.2, -0.15) is 26.3 Å². The van der Waals surface area contributed by atoms with E-state index in [4.69, 9.17) is 0 Å². The van der Waals surface area contributed by atoms with Crippen molar-refractivity contribution in [2.24, 2.45) is 5.92 Å². The summed E-state index contributed by atoms with van der Waals surface area (Å²) in [6.07, 6.45) is -5.37. The number of halogens is 6. The van der Waals surface area contributed by atoms with Crippen molar-refractivity contribution in [3.63, 3.8) is 0 Å². The van der Waals surface area contributed by atoms with E-state index in [1.165, 1.54) is 36.4 Å². The molecule has 7 heteroatoms. The molecular weight excluding hydrogens is 406 g/mol. The highest BCUT2D eigenvalue weighted by atomic mass is 19.4. The Bertz CT molecular complexity index is 931. The lowest BCUT2D eigenvalue weighted by molar-refractivity contribution is -0.138. The average molecular weight is 424 g/mol. The Morgan fingerprint density at radius 2 is 1.17 bits per heavy atom. The zero-order chi connectivity index (χ0) is 22.1. The summed E-state index contributed by atoms with van der Waals surface area (Å²) in [7, 11) is 0. The number of carbonyl (C=O) groups excluding carboxylic acids is 1. The summed E-state index contributed by atoms with van der Waals surface area (Å²) in [5, 5.41) is 0. The molecule has 0 bridgehead atoms. The van der Waals surface area contributed by atoms with Gasteiger partial charge in [0.25, 0.3) is 0 Å². The third-order valence-electron chi connectivity index (χ3n) is 4.83. The number of benzene rings is 2. The zero-order valence-electron chi connectivity index (χ0n) is 15.9. The quantitative estimate of drug-likeness (QED) is 0.368. The van der Waals surface area contributed by atoms with Gasteiger partial charge in [0, 0.05) is 11.1 Å². The van der Waals surface area contributed by atoms with E-state index in [-0.39, 0.29) is 22.8 Å². The van der Waals surface area contributed by atoms with Gasteiger partial charge in [-0.25, -0.2) is 0 Å². The molecule has 0 heterocycles. The fraction of sp³-hybridized carbons (Fsp3) is 0.261. The predicted molar refractivity (Wildman–Crippen MR) is 102 cm³/mol. The molecule has 1 fully saturated rings. The van der Waals surface area contributed by atoms with Crippen LogP contribution < -0.4 is 0 Å². The van der Waals surface area contributed by atoms with Crippen LogP contribution in [0.5, 0.6) is 0 Å². The number of ketones is 1. The first-order chi connectivity index (χ1) is 13.9. The summed E-state index contributed by atoms with van der Waals surface area (Å²) >= 11 is 0. The highest BCUT2D eigenvalue weighted by Gasteiger charge is 2.32. The van der Waals surface area contributed by atoms with Crippen LogP contribution in [-0.4, -0.2) is 5.78 Å². The van der Waals surface area contributed by atoms with Gasteiger partial charge in [-0.3, -0.25) is 4.79 Å². The fourth-order valence-corrected chi connectivity index (χ4v) is 3.48. The van der Waals surface area contributed by atoms with Crippen molar-refractivity contribution in [3.05, 3.63) is 81.9 Å². The van der Waals surface area contributed by atoms with Gasteiger partial charge in [0.05, 0.1) is 11.1 Å². The van der Waals surface area contributed by atoms with Crippen LogP contribution in [0.2, 0.25) is 0 Å². The van der Waals surface area contributed by atoms with Crippen molar-refractivity contribution in [2.75, 3.05) is 0 Å². The second-order valence-corrected chi connectivity index (χ2v) is 7.43. The Morgan fingerprint density at radius 3 is 1.53 bits per heavy atom. The maximum absolute atomic E-state index is 12.9. The molecule has 1 nitrogen and oxygen atoms in total. The van der Waals surface area contributed by atoms with Crippen LogP contribution in [0.25, 0.3) is 12.2 Å². The minimum absolute atomic E-state index is 0.0248. The molecule has 3 rings (SSSR count). The maximum atomic E-state index is 12.9. The number of Topliss-reactive ketones (excluding diaryl/α,β-unsaturated/α-hetero) is 1. The van der Waals surface area contributed by atoms with E-state index in [2.05, 4.69) is 0 Å². The SMILES string of the molecule is CC1CC(=Cc2cccc(C(F)(F)F)c2)C(=O)C(=Cc2cccc(C(F)(F)F)c2)C1. The lowest BCUT2D eigenvalue weighted by Gasteiger charge is -2.23. The van der Waals surface area contributed by atoms with Gasteiger partial charge < -0.3 is 0 Å². The van der Waals surface area contributed by atoms with Gasteiger partial charge in [0.15, 0.2) is 5.78 Å². The number of allylic oxidation sites excluding steroid dienone is 2. The van der Waals surface area contributed by atoms with Crippen LogP contribution in [0.15, 0.2) is 59.7 Å². The van der Waals surface area contributed by atoms with Gasteiger partial charge >= 0.3 is 12.4 Å². The molecule has 0 unspecified atom stereocenters. The number of rotatable bonds is 2. The summed E-state index contributed by atoms with van der Waals surface area (Å²) in [4.78, 5) is 12.9. The lowest BCUT2D eigenvalue weighted by atomic mass is 9.80. The Kier molecular flexibility index (Phi) is 5.92. The Morgan fingerprint density at radius 1 is 0.767 bits per heavy atom. The molecule has 1 aliphatic rings. The minimum atomic E-state index is -4.49. The Balaban J connectivity index is 1.94. The van der Waals surface area contributed by atoms with Crippen molar-refractivity contribution in [2.45, 2.75) is 32.1 Å². The van der Waals surface area contributed by atoms with Crippen LogP contribution in [0, 0.1) is 5.92 Å². The first-order valence-electron chi connectivity index (χ1n) is 9.24. The molecule has 2 aromatic carbocycles.